The van der Waals surface area contributed by atoms with Gasteiger partial charge in [-0.25, -0.2) is 4.68 Å². The Hall–Kier alpha value is -3.19. The Morgan fingerprint density at radius 1 is 1.09 bits per heavy atom. The van der Waals surface area contributed by atoms with Crippen LogP contribution in [0.5, 0.6) is 0 Å². The van der Waals surface area contributed by atoms with Crippen molar-refractivity contribution in [3.63, 3.8) is 0 Å². The Morgan fingerprint density at radius 2 is 1.83 bits per heavy atom. The number of halogens is 1. The fraction of sp³-hybridized carbons (Fsp3) is 0.407. The molecule has 4 rings (SSSR count). The number of nitrogens with zero attached hydrogens (tertiary/aromatic N) is 2. The van der Waals surface area contributed by atoms with Gasteiger partial charge < -0.3 is 10.6 Å². The minimum absolute atomic E-state index is 0.0806. The topological polar surface area (TPSA) is 93.1 Å². The molecule has 7 nitrogen and oxygen atoms in total. The van der Waals surface area contributed by atoms with Gasteiger partial charge >= 0.3 is 0 Å². The molecule has 184 valence electrons. The van der Waals surface area contributed by atoms with E-state index >= 15 is 0 Å². The number of anilines is 1. The minimum Gasteiger partial charge on any atom is -0.352 e. The van der Waals surface area contributed by atoms with Gasteiger partial charge in [0.15, 0.2) is 0 Å². The highest BCUT2D eigenvalue weighted by molar-refractivity contribution is 6.34. The van der Waals surface area contributed by atoms with Crippen LogP contribution in [-0.4, -0.2) is 21.6 Å². The summed E-state index contributed by atoms with van der Waals surface area (Å²) in [6.07, 6.45) is 7.03. The molecule has 2 amide bonds. The summed E-state index contributed by atoms with van der Waals surface area (Å²) in [7, 11) is 0. The number of carbonyl (C=O) groups excluding carboxylic acids is 2. The van der Waals surface area contributed by atoms with Crippen molar-refractivity contribution >= 4 is 39.9 Å². The van der Waals surface area contributed by atoms with Gasteiger partial charge in [-0.3, -0.25) is 14.4 Å². The van der Waals surface area contributed by atoms with Crippen molar-refractivity contribution in [2.75, 3.05) is 5.32 Å². The van der Waals surface area contributed by atoms with Crippen LogP contribution in [0.15, 0.2) is 47.4 Å². The van der Waals surface area contributed by atoms with E-state index in [4.69, 9.17) is 11.6 Å². The number of fused-ring (bicyclic) bond motifs is 1. The largest absolute Gasteiger partial charge is 0.352 e. The molecule has 8 heteroatoms. The van der Waals surface area contributed by atoms with Crippen LogP contribution < -0.4 is 16.2 Å². The first kappa shape index (κ1) is 24.9. The van der Waals surface area contributed by atoms with E-state index in [0.717, 1.165) is 36.6 Å². The van der Waals surface area contributed by atoms with Gasteiger partial charge in [-0.1, -0.05) is 63.8 Å². The highest BCUT2D eigenvalue weighted by atomic mass is 35.5. The quantitative estimate of drug-likeness (QED) is 0.491. The van der Waals surface area contributed by atoms with Crippen molar-refractivity contribution in [3.05, 3.63) is 69.1 Å². The summed E-state index contributed by atoms with van der Waals surface area (Å²) < 4.78 is 1.60. The van der Waals surface area contributed by atoms with Gasteiger partial charge in [-0.15, -0.1) is 0 Å². The lowest BCUT2D eigenvalue weighted by atomic mass is 9.95. The number of rotatable bonds is 5. The molecule has 3 aromatic rings. The summed E-state index contributed by atoms with van der Waals surface area (Å²) in [6, 6.07) is 10.4. The number of hydrogen-bond acceptors (Lipinski definition) is 4. The van der Waals surface area contributed by atoms with Crippen molar-refractivity contribution in [1.29, 1.82) is 0 Å². The van der Waals surface area contributed by atoms with Crippen molar-refractivity contribution < 1.29 is 9.59 Å². The zero-order valence-corrected chi connectivity index (χ0v) is 21.1. The highest BCUT2D eigenvalue weighted by Crippen LogP contribution is 2.27. The van der Waals surface area contributed by atoms with Gasteiger partial charge in [0, 0.05) is 23.0 Å². The average Bonchev–Trinajstić information content (AvgIpc) is 2.83. The fourth-order valence-corrected chi connectivity index (χ4v) is 4.52. The van der Waals surface area contributed by atoms with Gasteiger partial charge in [0.25, 0.3) is 11.5 Å². The first-order valence-electron chi connectivity index (χ1n) is 12.0. The summed E-state index contributed by atoms with van der Waals surface area (Å²) in [5.74, 6) is -0.469. The average molecular weight is 495 g/mol. The molecule has 0 saturated heterocycles. The molecule has 0 radical (unpaired) electrons. The van der Waals surface area contributed by atoms with E-state index in [1.165, 1.54) is 6.42 Å². The van der Waals surface area contributed by atoms with Crippen LogP contribution in [0.1, 0.15) is 74.8 Å². The molecule has 35 heavy (non-hydrogen) atoms. The number of aromatic nitrogens is 2. The molecule has 1 heterocycles. The zero-order chi connectivity index (χ0) is 25.2. The lowest BCUT2D eigenvalue weighted by Gasteiger charge is -2.22. The van der Waals surface area contributed by atoms with Crippen LogP contribution in [-0.2, 0) is 11.3 Å². The van der Waals surface area contributed by atoms with Gasteiger partial charge in [0.2, 0.25) is 5.91 Å². The maximum absolute atomic E-state index is 13.2. The number of carbonyl (C=O) groups is 2. The summed E-state index contributed by atoms with van der Waals surface area (Å²) in [6.45, 7) is 5.81. The lowest BCUT2D eigenvalue weighted by molar-refractivity contribution is -0.128. The molecule has 1 aliphatic rings. The maximum atomic E-state index is 13.2. The molecule has 2 aromatic carbocycles. The Morgan fingerprint density at radius 3 is 2.54 bits per heavy atom. The second-order valence-electron chi connectivity index (χ2n) is 10.2. The maximum Gasteiger partial charge on any atom is 0.274 e. The monoisotopic (exact) mass is 494 g/mol. The van der Waals surface area contributed by atoms with Gasteiger partial charge in [0.1, 0.15) is 0 Å². The molecule has 0 aliphatic heterocycles. The Kier molecular flexibility index (Phi) is 7.26. The Bertz CT molecular complexity index is 1320. The lowest BCUT2D eigenvalue weighted by Crippen LogP contribution is -2.34. The van der Waals surface area contributed by atoms with Gasteiger partial charge in [-0.2, -0.15) is 5.10 Å². The van der Waals surface area contributed by atoms with E-state index in [1.54, 1.807) is 47.3 Å². The van der Waals surface area contributed by atoms with Crippen LogP contribution in [0.4, 0.5) is 5.69 Å². The molecule has 1 saturated carbocycles. The van der Waals surface area contributed by atoms with E-state index in [1.807, 2.05) is 20.8 Å². The summed E-state index contributed by atoms with van der Waals surface area (Å²) >= 11 is 6.31. The number of amides is 2. The van der Waals surface area contributed by atoms with E-state index < -0.39 is 5.41 Å². The first-order chi connectivity index (χ1) is 16.6. The van der Waals surface area contributed by atoms with E-state index in [2.05, 4.69) is 15.7 Å². The van der Waals surface area contributed by atoms with Gasteiger partial charge in [-0.05, 0) is 42.7 Å². The number of hydrogen-bond donors (Lipinski definition) is 2. The third-order valence-corrected chi connectivity index (χ3v) is 6.73. The Balaban J connectivity index is 1.54. The van der Waals surface area contributed by atoms with Crippen LogP contribution in [0, 0.1) is 5.41 Å². The predicted molar refractivity (Wildman–Crippen MR) is 139 cm³/mol. The molecule has 1 fully saturated rings. The SMILES string of the molecule is CC(C)(C)C(=O)NCc1ccc(Cl)c(C(=O)Nc2ccc3cnn(C4CCCCC4)c(=O)c3c2)c1. The summed E-state index contributed by atoms with van der Waals surface area (Å²) in [5.41, 5.74) is 0.915. The fourth-order valence-electron chi connectivity index (χ4n) is 4.32. The predicted octanol–water partition coefficient (Wildman–Crippen LogP) is 5.47. The standard InChI is InChI=1S/C27H31ClN4O3/c1-27(2,3)26(35)29-15-17-9-12-23(28)22(13-17)24(33)31-19-11-10-18-16-30-32(25(34)21(18)14-19)20-7-5-4-6-8-20/h9-14,16,20H,4-8,15H2,1-3H3,(H,29,35)(H,31,33). The van der Waals surface area contributed by atoms with E-state index in [-0.39, 0.29) is 30.0 Å². The molecule has 0 bridgehead atoms. The second-order valence-corrected chi connectivity index (χ2v) is 10.6. The van der Waals surface area contributed by atoms with Crippen molar-refractivity contribution in [2.45, 2.75) is 65.5 Å². The molecule has 2 N–H and O–H groups in total. The third kappa shape index (κ3) is 5.73. The third-order valence-electron chi connectivity index (χ3n) is 6.40. The molecule has 1 aliphatic carbocycles. The van der Waals surface area contributed by atoms with Crippen LogP contribution in [0.3, 0.4) is 0 Å². The summed E-state index contributed by atoms with van der Waals surface area (Å²) in [5, 5.41) is 11.7. The molecule has 0 atom stereocenters. The van der Waals surface area contributed by atoms with Gasteiger partial charge in [0.05, 0.1) is 28.2 Å². The van der Waals surface area contributed by atoms with Crippen LogP contribution in [0.2, 0.25) is 5.02 Å². The molecular weight excluding hydrogens is 464 g/mol. The molecule has 0 spiro atoms. The van der Waals surface area contributed by atoms with E-state index in [0.29, 0.717) is 21.7 Å². The van der Waals surface area contributed by atoms with Crippen molar-refractivity contribution in [2.24, 2.45) is 5.41 Å². The van der Waals surface area contributed by atoms with E-state index in [9.17, 15) is 14.4 Å². The van der Waals surface area contributed by atoms with Crippen LogP contribution >= 0.6 is 11.6 Å². The normalized spacial score (nSPS) is 14.6. The smallest absolute Gasteiger partial charge is 0.274 e. The highest BCUT2D eigenvalue weighted by Gasteiger charge is 2.21. The second kappa shape index (κ2) is 10.2. The number of benzene rings is 2. The summed E-state index contributed by atoms with van der Waals surface area (Å²) in [4.78, 5) is 38.4. The zero-order valence-electron chi connectivity index (χ0n) is 20.4. The number of nitrogens with one attached hydrogen (secondary N) is 2. The minimum atomic E-state index is -0.506. The van der Waals surface area contributed by atoms with Crippen molar-refractivity contribution in [3.8, 4) is 0 Å². The van der Waals surface area contributed by atoms with Crippen LogP contribution in [0.25, 0.3) is 10.8 Å². The van der Waals surface area contributed by atoms with Crippen molar-refractivity contribution in [1.82, 2.24) is 15.1 Å². The Labute approximate surface area is 209 Å². The molecular formula is C27H31ClN4O3. The molecule has 1 aromatic heterocycles. The first-order valence-corrected chi connectivity index (χ1v) is 12.4. The molecule has 0 unspecified atom stereocenters.